The first-order valence-electron chi connectivity index (χ1n) is 8.75. The molecule has 9 heteroatoms. The number of ether oxygens (including phenoxy) is 2. The topological polar surface area (TPSA) is 81.5 Å². The van der Waals surface area contributed by atoms with Crippen molar-refractivity contribution in [2.45, 2.75) is 26.4 Å². The van der Waals surface area contributed by atoms with Crippen LogP contribution in [0.15, 0.2) is 12.4 Å². The lowest BCUT2D eigenvalue weighted by molar-refractivity contribution is -0.110. The second-order valence-electron chi connectivity index (χ2n) is 5.57. The highest BCUT2D eigenvalue weighted by atomic mass is 35.5. The summed E-state index contributed by atoms with van der Waals surface area (Å²) in [5, 5.41) is 3.15. The number of fused-ring (bicyclic) bond motifs is 1. The van der Waals surface area contributed by atoms with Crippen molar-refractivity contribution in [1.82, 2.24) is 19.9 Å². The van der Waals surface area contributed by atoms with Gasteiger partial charge in [0.25, 0.3) is 0 Å². The van der Waals surface area contributed by atoms with Gasteiger partial charge in [0.2, 0.25) is 6.41 Å². The zero-order valence-corrected chi connectivity index (χ0v) is 16.2. The van der Waals surface area contributed by atoms with Crippen molar-refractivity contribution in [2.75, 3.05) is 44.9 Å². The molecule has 1 atom stereocenters. The number of amides is 1. The van der Waals surface area contributed by atoms with E-state index < -0.39 is 0 Å². The number of methoxy groups -OCH3 is 1. The molecule has 0 aromatic carbocycles. The second-order valence-corrected chi connectivity index (χ2v) is 5.96. The Morgan fingerprint density at radius 2 is 2.15 bits per heavy atom. The highest BCUT2D eigenvalue weighted by molar-refractivity contribution is 6.30. The largest absolute Gasteiger partial charge is 0.382 e. The van der Waals surface area contributed by atoms with Crippen molar-refractivity contribution in [3.63, 3.8) is 0 Å². The number of morpholine rings is 1. The van der Waals surface area contributed by atoms with Gasteiger partial charge in [-0.1, -0.05) is 25.4 Å². The number of anilines is 1. The van der Waals surface area contributed by atoms with Gasteiger partial charge >= 0.3 is 0 Å². The summed E-state index contributed by atoms with van der Waals surface area (Å²) in [7, 11) is 1.59. The molecule has 1 amide bonds. The summed E-state index contributed by atoms with van der Waals surface area (Å²) in [6, 6.07) is 1.67. The van der Waals surface area contributed by atoms with Gasteiger partial charge in [-0.05, 0) is 0 Å². The van der Waals surface area contributed by atoms with Crippen LogP contribution < -0.4 is 10.2 Å². The number of aromatic nitrogens is 3. The summed E-state index contributed by atoms with van der Waals surface area (Å²) in [5.41, 5.74) is 2.44. The predicted molar refractivity (Wildman–Crippen MR) is 102 cm³/mol. The van der Waals surface area contributed by atoms with Gasteiger partial charge in [0.15, 0.2) is 5.65 Å². The number of halogens is 1. The van der Waals surface area contributed by atoms with Crippen molar-refractivity contribution in [2.24, 2.45) is 0 Å². The number of nitrogens with one attached hydrogen (secondary N) is 1. The predicted octanol–water partition coefficient (Wildman–Crippen LogP) is 1.71. The van der Waals surface area contributed by atoms with Gasteiger partial charge in [0.05, 0.1) is 37.9 Å². The molecular weight excluding hydrogens is 358 g/mol. The lowest BCUT2D eigenvalue weighted by atomic mass is 10.3. The Kier molecular flexibility index (Phi) is 8.08. The Labute approximate surface area is 158 Å². The molecule has 0 saturated carbocycles. The van der Waals surface area contributed by atoms with Gasteiger partial charge in [-0.25, -0.2) is 9.97 Å². The van der Waals surface area contributed by atoms with Crippen LogP contribution in [-0.4, -0.2) is 67.0 Å². The van der Waals surface area contributed by atoms with Crippen LogP contribution in [-0.2, 0) is 20.8 Å². The zero-order chi connectivity index (χ0) is 18.9. The second kappa shape index (κ2) is 10.3. The first-order chi connectivity index (χ1) is 12.7. The number of pyridine rings is 1. The van der Waals surface area contributed by atoms with Crippen molar-refractivity contribution in [3.05, 3.63) is 17.5 Å². The maximum Gasteiger partial charge on any atom is 0.207 e. The van der Waals surface area contributed by atoms with E-state index in [9.17, 15) is 4.79 Å². The molecule has 0 spiro atoms. The maximum atomic E-state index is 10.8. The molecular formula is C17H26ClN5O3. The van der Waals surface area contributed by atoms with Crippen LogP contribution in [0.4, 0.5) is 5.69 Å². The average molecular weight is 384 g/mol. The van der Waals surface area contributed by atoms with E-state index >= 15 is 0 Å². The van der Waals surface area contributed by atoms with Crippen molar-refractivity contribution in [1.29, 1.82) is 0 Å². The van der Waals surface area contributed by atoms with Gasteiger partial charge < -0.3 is 24.3 Å². The molecule has 1 unspecified atom stereocenters. The first-order valence-corrected chi connectivity index (χ1v) is 9.13. The Morgan fingerprint density at radius 1 is 1.42 bits per heavy atom. The molecule has 1 aliphatic rings. The lowest BCUT2D eigenvalue weighted by Gasteiger charge is -2.29. The number of rotatable bonds is 7. The Balaban J connectivity index is 0.00000117. The minimum Gasteiger partial charge on any atom is -0.382 e. The van der Waals surface area contributed by atoms with E-state index in [1.165, 1.54) is 0 Å². The monoisotopic (exact) mass is 383 g/mol. The Hall–Kier alpha value is -1.90. The summed E-state index contributed by atoms with van der Waals surface area (Å²) in [6.45, 7) is 7.85. The van der Waals surface area contributed by atoms with Crippen LogP contribution in [0, 0.1) is 0 Å². The fraction of sp³-hybridized carbons (Fsp3) is 0.588. The van der Waals surface area contributed by atoms with Crippen LogP contribution >= 0.6 is 11.6 Å². The van der Waals surface area contributed by atoms with Crippen molar-refractivity contribution >= 4 is 34.9 Å². The summed E-state index contributed by atoms with van der Waals surface area (Å²) in [6.07, 6.45) is 2.38. The number of hydrogen-bond acceptors (Lipinski definition) is 6. The van der Waals surface area contributed by atoms with E-state index in [0.717, 1.165) is 24.3 Å². The van der Waals surface area contributed by atoms with E-state index in [1.54, 1.807) is 13.4 Å². The molecule has 1 fully saturated rings. The summed E-state index contributed by atoms with van der Waals surface area (Å²) in [4.78, 5) is 21.9. The Morgan fingerprint density at radius 3 is 2.81 bits per heavy atom. The number of imidazole rings is 1. The Bertz CT molecular complexity index is 703. The molecule has 1 saturated heterocycles. The molecule has 0 radical (unpaired) electrons. The zero-order valence-electron chi connectivity index (χ0n) is 15.4. The molecule has 3 heterocycles. The van der Waals surface area contributed by atoms with Gasteiger partial charge in [0, 0.05) is 32.8 Å². The third-order valence-corrected chi connectivity index (χ3v) is 4.16. The van der Waals surface area contributed by atoms with Crippen molar-refractivity contribution < 1.29 is 14.3 Å². The average Bonchev–Trinajstić information content (AvgIpc) is 3.06. The molecule has 1 aliphatic heterocycles. The minimum absolute atomic E-state index is 0.169. The van der Waals surface area contributed by atoms with Gasteiger partial charge in [-0.3, -0.25) is 4.79 Å². The van der Waals surface area contributed by atoms with Gasteiger partial charge in [0.1, 0.15) is 10.7 Å². The molecule has 2 aromatic heterocycles. The van der Waals surface area contributed by atoms with E-state index in [1.807, 2.05) is 24.5 Å². The van der Waals surface area contributed by atoms with Crippen LogP contribution in [0.1, 0.15) is 13.8 Å². The standard InChI is InChI=1S/C15H20ClN5O3.C2H6/c1-23-8-11(18-10-22)7-21-9-17-14-12(6-13(16)19-15(14)21)20-2-4-24-5-3-20;1-2/h6,9-11H,2-5,7-8H2,1H3,(H,18,22);1-2H3. The van der Waals surface area contributed by atoms with E-state index in [0.29, 0.717) is 43.6 Å². The molecule has 0 bridgehead atoms. The number of carbonyl (C=O) groups is 1. The third-order valence-electron chi connectivity index (χ3n) is 3.96. The summed E-state index contributed by atoms with van der Waals surface area (Å²) < 4.78 is 12.4. The summed E-state index contributed by atoms with van der Waals surface area (Å²) in [5.74, 6) is 0. The lowest BCUT2D eigenvalue weighted by Crippen LogP contribution is -2.36. The highest BCUT2D eigenvalue weighted by Gasteiger charge is 2.19. The third kappa shape index (κ3) is 4.84. The highest BCUT2D eigenvalue weighted by Crippen LogP contribution is 2.28. The van der Waals surface area contributed by atoms with Crippen molar-refractivity contribution in [3.8, 4) is 0 Å². The fourth-order valence-corrected chi connectivity index (χ4v) is 3.04. The van der Waals surface area contributed by atoms with Crippen LogP contribution in [0.3, 0.4) is 0 Å². The number of carbonyl (C=O) groups excluding carboxylic acids is 1. The molecule has 8 nitrogen and oxygen atoms in total. The van der Waals surface area contributed by atoms with E-state index in [-0.39, 0.29) is 6.04 Å². The fourth-order valence-electron chi connectivity index (χ4n) is 2.86. The normalized spacial score (nSPS) is 15.3. The molecule has 1 N–H and O–H groups in total. The quantitative estimate of drug-likeness (QED) is 0.579. The molecule has 26 heavy (non-hydrogen) atoms. The minimum atomic E-state index is -0.169. The first kappa shape index (κ1) is 20.4. The van der Waals surface area contributed by atoms with Gasteiger partial charge in [-0.15, -0.1) is 0 Å². The van der Waals surface area contributed by atoms with Crippen LogP contribution in [0.25, 0.3) is 11.2 Å². The molecule has 144 valence electrons. The smallest absolute Gasteiger partial charge is 0.207 e. The van der Waals surface area contributed by atoms with Crippen LogP contribution in [0.5, 0.6) is 0 Å². The summed E-state index contributed by atoms with van der Waals surface area (Å²) >= 11 is 6.22. The van der Waals surface area contributed by atoms with E-state index in [2.05, 4.69) is 20.2 Å². The van der Waals surface area contributed by atoms with Gasteiger partial charge in [-0.2, -0.15) is 0 Å². The number of hydrogen-bond donors (Lipinski definition) is 1. The molecule has 3 rings (SSSR count). The van der Waals surface area contributed by atoms with Crippen LogP contribution in [0.2, 0.25) is 5.15 Å². The number of nitrogens with zero attached hydrogens (tertiary/aromatic N) is 4. The molecule has 2 aromatic rings. The van der Waals surface area contributed by atoms with E-state index in [4.69, 9.17) is 21.1 Å². The maximum absolute atomic E-state index is 10.8. The molecule has 0 aliphatic carbocycles. The SMILES string of the molecule is CC.COCC(Cn1cnc2c(N3CCOCC3)cc(Cl)nc21)NC=O.